The molecule has 0 bridgehead atoms. The number of carbonyl (C=O) groups is 2. The van der Waals surface area contributed by atoms with Crippen molar-refractivity contribution in [1.82, 2.24) is 4.98 Å². The zero-order valence-electron chi connectivity index (χ0n) is 16.8. The van der Waals surface area contributed by atoms with E-state index in [2.05, 4.69) is 17.2 Å². The largest absolute Gasteiger partial charge is 0.482 e. The molecule has 0 fully saturated rings. The Morgan fingerprint density at radius 2 is 2.07 bits per heavy atom. The smallest absolute Gasteiger partial charge is 0.265 e. The maximum atomic E-state index is 12.6. The van der Waals surface area contributed by atoms with E-state index in [0.29, 0.717) is 23.8 Å². The van der Waals surface area contributed by atoms with Gasteiger partial charge in [-0.15, -0.1) is 11.3 Å². The Balaban J connectivity index is 1.57. The van der Waals surface area contributed by atoms with Gasteiger partial charge in [-0.1, -0.05) is 43.7 Å². The molecule has 1 aromatic heterocycles. The van der Waals surface area contributed by atoms with Crippen molar-refractivity contribution in [2.24, 2.45) is 0 Å². The number of ether oxygens (including phenoxy) is 1. The highest BCUT2D eigenvalue weighted by atomic mass is 32.1. The van der Waals surface area contributed by atoms with Gasteiger partial charge in [0.2, 0.25) is 5.91 Å². The Bertz CT molecular complexity index is 1050. The molecule has 2 heterocycles. The molecule has 0 spiro atoms. The maximum absolute atomic E-state index is 12.6. The van der Waals surface area contributed by atoms with Crippen molar-refractivity contribution < 1.29 is 14.3 Å². The summed E-state index contributed by atoms with van der Waals surface area (Å²) >= 11 is 1.39. The van der Waals surface area contributed by atoms with Crippen LogP contribution in [-0.4, -0.2) is 23.4 Å². The summed E-state index contributed by atoms with van der Waals surface area (Å²) in [5, 5.41) is 5.34. The van der Waals surface area contributed by atoms with Gasteiger partial charge < -0.3 is 15.0 Å². The number of hydrogen-bond donors (Lipinski definition) is 1. The number of carbonyl (C=O) groups excluding carboxylic acids is 2. The van der Waals surface area contributed by atoms with Gasteiger partial charge >= 0.3 is 0 Å². The van der Waals surface area contributed by atoms with Gasteiger partial charge in [-0.3, -0.25) is 9.59 Å². The molecule has 7 heteroatoms. The molecule has 2 amide bonds. The SMILES string of the molecule is CCCCC(=O)Nc1nc(-c2ccc3c(c2)N(Cc2ccccc2)C(=O)CO3)cs1. The van der Waals surface area contributed by atoms with Crippen molar-refractivity contribution in [1.29, 1.82) is 0 Å². The third-order valence-electron chi connectivity index (χ3n) is 4.89. The predicted molar refractivity (Wildman–Crippen MR) is 119 cm³/mol. The van der Waals surface area contributed by atoms with Gasteiger partial charge in [0.15, 0.2) is 11.7 Å². The third-order valence-corrected chi connectivity index (χ3v) is 5.65. The Morgan fingerprint density at radius 1 is 1.23 bits per heavy atom. The number of benzene rings is 2. The lowest BCUT2D eigenvalue weighted by molar-refractivity contribution is -0.121. The van der Waals surface area contributed by atoms with E-state index in [1.165, 1.54) is 11.3 Å². The van der Waals surface area contributed by atoms with Crippen LogP contribution in [0, 0.1) is 0 Å². The molecule has 1 N–H and O–H groups in total. The van der Waals surface area contributed by atoms with Gasteiger partial charge in [0.05, 0.1) is 17.9 Å². The monoisotopic (exact) mass is 421 g/mol. The van der Waals surface area contributed by atoms with Crippen LogP contribution in [0.2, 0.25) is 0 Å². The van der Waals surface area contributed by atoms with Gasteiger partial charge in [0.25, 0.3) is 5.91 Å². The van der Waals surface area contributed by atoms with Crippen molar-refractivity contribution in [3.63, 3.8) is 0 Å². The molecule has 154 valence electrons. The summed E-state index contributed by atoms with van der Waals surface area (Å²) in [6.45, 7) is 2.57. The first-order valence-corrected chi connectivity index (χ1v) is 10.9. The second-order valence-corrected chi connectivity index (χ2v) is 7.98. The van der Waals surface area contributed by atoms with Crippen LogP contribution in [0.15, 0.2) is 53.9 Å². The molecule has 6 nitrogen and oxygen atoms in total. The fourth-order valence-corrected chi connectivity index (χ4v) is 4.02. The molecular weight excluding hydrogens is 398 g/mol. The molecule has 4 rings (SSSR count). The highest BCUT2D eigenvalue weighted by Gasteiger charge is 2.26. The van der Waals surface area contributed by atoms with Crippen LogP contribution >= 0.6 is 11.3 Å². The molecule has 0 atom stereocenters. The molecule has 0 saturated heterocycles. The minimum Gasteiger partial charge on any atom is -0.482 e. The quantitative estimate of drug-likeness (QED) is 0.591. The molecule has 3 aromatic rings. The average molecular weight is 422 g/mol. The lowest BCUT2D eigenvalue weighted by Gasteiger charge is -2.29. The van der Waals surface area contributed by atoms with E-state index < -0.39 is 0 Å². The molecule has 2 aromatic carbocycles. The van der Waals surface area contributed by atoms with Gasteiger partial charge in [-0.2, -0.15) is 0 Å². The van der Waals surface area contributed by atoms with E-state index in [-0.39, 0.29) is 18.4 Å². The molecule has 0 aliphatic carbocycles. The lowest BCUT2D eigenvalue weighted by Crippen LogP contribution is -2.38. The minimum atomic E-state index is -0.0781. The Hall–Kier alpha value is -3.19. The van der Waals surface area contributed by atoms with E-state index in [1.807, 2.05) is 53.9 Å². The molecule has 0 saturated carbocycles. The van der Waals surface area contributed by atoms with Crippen molar-refractivity contribution in [2.75, 3.05) is 16.8 Å². The summed E-state index contributed by atoms with van der Waals surface area (Å²) in [5.41, 5.74) is 3.41. The topological polar surface area (TPSA) is 71.5 Å². The van der Waals surface area contributed by atoms with E-state index in [0.717, 1.165) is 35.3 Å². The Labute approximate surface area is 179 Å². The second kappa shape index (κ2) is 9.09. The van der Waals surface area contributed by atoms with Crippen LogP contribution < -0.4 is 15.0 Å². The van der Waals surface area contributed by atoms with Crippen LogP contribution in [0.1, 0.15) is 31.7 Å². The van der Waals surface area contributed by atoms with Crippen LogP contribution in [0.3, 0.4) is 0 Å². The number of amides is 2. The standard InChI is InChI=1S/C23H23N3O3S/c1-2-3-9-21(27)25-23-24-18(15-30-23)17-10-11-20-19(12-17)26(22(28)14-29-20)13-16-7-5-4-6-8-16/h4-8,10-12,15H,2-3,9,13-14H2,1H3,(H,24,25,27). The van der Waals surface area contributed by atoms with Crippen molar-refractivity contribution in [2.45, 2.75) is 32.7 Å². The number of nitrogens with one attached hydrogen (secondary N) is 1. The number of anilines is 2. The van der Waals surface area contributed by atoms with Crippen molar-refractivity contribution >= 4 is 34.0 Å². The zero-order valence-corrected chi connectivity index (χ0v) is 17.6. The van der Waals surface area contributed by atoms with Crippen LogP contribution in [-0.2, 0) is 16.1 Å². The fourth-order valence-electron chi connectivity index (χ4n) is 3.28. The number of hydrogen-bond acceptors (Lipinski definition) is 5. The first kappa shape index (κ1) is 20.1. The summed E-state index contributed by atoms with van der Waals surface area (Å²) in [5.74, 6) is 0.583. The van der Waals surface area contributed by atoms with Gasteiger partial charge in [0, 0.05) is 17.4 Å². The molecular formula is C23H23N3O3S. The van der Waals surface area contributed by atoms with E-state index in [9.17, 15) is 9.59 Å². The number of aromatic nitrogens is 1. The molecule has 1 aliphatic rings. The highest BCUT2D eigenvalue weighted by molar-refractivity contribution is 7.14. The summed E-state index contributed by atoms with van der Waals surface area (Å²) < 4.78 is 5.62. The van der Waals surface area contributed by atoms with E-state index in [4.69, 9.17) is 4.74 Å². The second-order valence-electron chi connectivity index (χ2n) is 7.13. The summed E-state index contributed by atoms with van der Waals surface area (Å²) in [4.78, 5) is 30.8. The highest BCUT2D eigenvalue weighted by Crippen LogP contribution is 2.37. The predicted octanol–water partition coefficient (Wildman–Crippen LogP) is 4.86. The first-order chi connectivity index (χ1) is 14.6. The van der Waals surface area contributed by atoms with Crippen molar-refractivity contribution in [3.8, 4) is 17.0 Å². The fraction of sp³-hybridized carbons (Fsp3) is 0.261. The zero-order chi connectivity index (χ0) is 20.9. The minimum absolute atomic E-state index is 0.0174. The number of fused-ring (bicyclic) bond motifs is 1. The van der Waals surface area contributed by atoms with Gasteiger partial charge in [-0.25, -0.2) is 4.98 Å². The van der Waals surface area contributed by atoms with Crippen LogP contribution in [0.4, 0.5) is 10.8 Å². The third kappa shape index (κ3) is 4.52. The number of thiazole rings is 1. The van der Waals surface area contributed by atoms with Crippen molar-refractivity contribution in [3.05, 3.63) is 59.5 Å². The number of nitrogens with zero attached hydrogens (tertiary/aromatic N) is 2. The number of unbranched alkanes of at least 4 members (excludes halogenated alkanes) is 1. The lowest BCUT2D eigenvalue weighted by atomic mass is 10.1. The van der Waals surface area contributed by atoms with E-state index in [1.54, 1.807) is 4.90 Å². The molecule has 0 radical (unpaired) electrons. The van der Waals surface area contributed by atoms with E-state index >= 15 is 0 Å². The molecule has 0 unspecified atom stereocenters. The molecule has 30 heavy (non-hydrogen) atoms. The molecule has 1 aliphatic heterocycles. The van der Waals surface area contributed by atoms with Gasteiger partial charge in [0.1, 0.15) is 5.75 Å². The first-order valence-electron chi connectivity index (χ1n) is 10.0. The summed E-state index contributed by atoms with van der Waals surface area (Å²) in [7, 11) is 0. The van der Waals surface area contributed by atoms with Gasteiger partial charge in [-0.05, 0) is 30.2 Å². The van der Waals surface area contributed by atoms with Crippen LogP contribution in [0.25, 0.3) is 11.3 Å². The summed E-state index contributed by atoms with van der Waals surface area (Å²) in [6, 6.07) is 15.6. The Morgan fingerprint density at radius 3 is 2.87 bits per heavy atom. The Kier molecular flexibility index (Phi) is 6.09. The average Bonchev–Trinajstić information content (AvgIpc) is 3.23. The number of rotatable bonds is 7. The van der Waals surface area contributed by atoms with Crippen LogP contribution in [0.5, 0.6) is 5.75 Å². The normalized spacial score (nSPS) is 13.0. The summed E-state index contributed by atoms with van der Waals surface area (Å²) in [6.07, 6.45) is 2.34. The maximum Gasteiger partial charge on any atom is 0.265 e.